The maximum atomic E-state index is 12.8. The molecule has 2 heterocycles. The summed E-state index contributed by atoms with van der Waals surface area (Å²) >= 11 is 7.27. The van der Waals surface area contributed by atoms with Crippen LogP contribution in [0.15, 0.2) is 35.5 Å². The van der Waals surface area contributed by atoms with Crippen LogP contribution in [0.1, 0.15) is 37.8 Å². The number of benzene rings is 1. The van der Waals surface area contributed by atoms with E-state index in [1.54, 1.807) is 6.07 Å². The summed E-state index contributed by atoms with van der Waals surface area (Å²) in [6.45, 7) is 5.74. The molecule has 0 bridgehead atoms. The lowest BCUT2D eigenvalue weighted by molar-refractivity contribution is -0.137. The Morgan fingerprint density at radius 2 is 2.00 bits per heavy atom. The molecule has 35 heavy (non-hydrogen) atoms. The van der Waals surface area contributed by atoms with Gasteiger partial charge in [0.2, 0.25) is 11.8 Å². The van der Waals surface area contributed by atoms with Crippen molar-refractivity contribution >= 4 is 41.0 Å². The van der Waals surface area contributed by atoms with E-state index >= 15 is 0 Å². The molecule has 12 heteroatoms. The van der Waals surface area contributed by atoms with Gasteiger partial charge in [0.15, 0.2) is 5.16 Å². The monoisotopic (exact) mass is 529 g/mol. The van der Waals surface area contributed by atoms with Crippen molar-refractivity contribution in [1.82, 2.24) is 20.2 Å². The number of anilines is 1. The van der Waals surface area contributed by atoms with E-state index < -0.39 is 11.7 Å². The zero-order chi connectivity index (χ0) is 25.6. The Morgan fingerprint density at radius 1 is 1.23 bits per heavy atom. The summed E-state index contributed by atoms with van der Waals surface area (Å²) in [4.78, 5) is 37.1. The molecule has 3 rings (SSSR count). The minimum atomic E-state index is -4.44. The highest BCUT2D eigenvalue weighted by Gasteiger charge is 2.30. The lowest BCUT2D eigenvalue weighted by atomic mass is 10.1. The van der Waals surface area contributed by atoms with Gasteiger partial charge in [0.1, 0.15) is 11.0 Å². The minimum absolute atomic E-state index is 0.0194. The minimum Gasteiger partial charge on any atom is -0.353 e. The summed E-state index contributed by atoms with van der Waals surface area (Å²) in [6, 6.07) is 6.49. The number of nitrogens with one attached hydrogen (secondary N) is 1. The maximum absolute atomic E-state index is 12.8. The Morgan fingerprint density at radius 3 is 2.69 bits per heavy atom. The third kappa shape index (κ3) is 7.73. The van der Waals surface area contributed by atoms with E-state index in [0.717, 1.165) is 30.3 Å². The van der Waals surface area contributed by atoms with Crippen molar-refractivity contribution in [1.29, 1.82) is 0 Å². The van der Waals surface area contributed by atoms with E-state index in [9.17, 15) is 22.8 Å². The number of amides is 2. The van der Waals surface area contributed by atoms with Crippen LogP contribution in [-0.2, 0) is 22.3 Å². The first-order valence-corrected chi connectivity index (χ1v) is 12.6. The summed E-state index contributed by atoms with van der Waals surface area (Å²) in [5.74, 6) is 0.377. The number of halogens is 4. The van der Waals surface area contributed by atoms with Crippen LogP contribution in [0.5, 0.6) is 0 Å². The SMILES string of the molecule is CCCC(=O)N1CCN(c2cc(Cl)nc(SCC(=O)NCc3cccc(C(F)(F)F)c3)n2)CC1C. The Kier molecular flexibility index (Phi) is 9.23. The Labute approximate surface area is 211 Å². The van der Waals surface area contributed by atoms with E-state index in [1.165, 1.54) is 12.1 Å². The molecule has 0 aliphatic carbocycles. The molecule has 0 radical (unpaired) electrons. The Hall–Kier alpha value is -2.53. The fourth-order valence-corrected chi connectivity index (χ4v) is 4.66. The first-order chi connectivity index (χ1) is 16.6. The number of rotatable bonds is 8. The quantitative estimate of drug-likeness (QED) is 0.310. The number of carbonyl (C=O) groups is 2. The van der Waals surface area contributed by atoms with Crippen LogP contribution in [0.2, 0.25) is 5.15 Å². The fourth-order valence-electron chi connectivity index (χ4n) is 3.75. The van der Waals surface area contributed by atoms with Crippen LogP contribution in [0, 0.1) is 0 Å². The average Bonchev–Trinajstić information content (AvgIpc) is 2.80. The second-order valence-electron chi connectivity index (χ2n) is 8.23. The predicted molar refractivity (Wildman–Crippen MR) is 129 cm³/mol. The van der Waals surface area contributed by atoms with Gasteiger partial charge in [-0.15, -0.1) is 0 Å². The predicted octanol–water partition coefficient (Wildman–Crippen LogP) is 4.39. The van der Waals surface area contributed by atoms with Crippen LogP contribution < -0.4 is 10.2 Å². The van der Waals surface area contributed by atoms with Gasteiger partial charge < -0.3 is 15.1 Å². The van der Waals surface area contributed by atoms with Crippen LogP contribution in [0.4, 0.5) is 19.0 Å². The summed E-state index contributed by atoms with van der Waals surface area (Å²) in [7, 11) is 0. The van der Waals surface area contributed by atoms with E-state index in [4.69, 9.17) is 11.6 Å². The van der Waals surface area contributed by atoms with Crippen molar-refractivity contribution in [3.63, 3.8) is 0 Å². The van der Waals surface area contributed by atoms with E-state index in [0.29, 0.717) is 42.6 Å². The lowest BCUT2D eigenvalue weighted by Gasteiger charge is -2.40. The number of carbonyl (C=O) groups excluding carboxylic acids is 2. The van der Waals surface area contributed by atoms with E-state index in [-0.39, 0.29) is 35.3 Å². The van der Waals surface area contributed by atoms with Gasteiger partial charge in [-0.25, -0.2) is 9.97 Å². The number of nitrogens with zero attached hydrogens (tertiary/aromatic N) is 4. The van der Waals surface area contributed by atoms with Crippen LogP contribution >= 0.6 is 23.4 Å². The molecule has 1 aromatic carbocycles. The number of hydrogen-bond donors (Lipinski definition) is 1. The Balaban J connectivity index is 1.55. The third-order valence-corrected chi connectivity index (χ3v) is 6.51. The topological polar surface area (TPSA) is 78.4 Å². The van der Waals surface area contributed by atoms with Gasteiger partial charge >= 0.3 is 6.18 Å². The van der Waals surface area contributed by atoms with Gasteiger partial charge in [-0.05, 0) is 31.0 Å². The molecule has 1 saturated heterocycles. The highest BCUT2D eigenvalue weighted by atomic mass is 35.5. The zero-order valence-electron chi connectivity index (χ0n) is 19.4. The van der Waals surface area contributed by atoms with Gasteiger partial charge in [0.25, 0.3) is 0 Å². The zero-order valence-corrected chi connectivity index (χ0v) is 21.0. The second-order valence-corrected chi connectivity index (χ2v) is 9.56. The fraction of sp³-hybridized carbons (Fsp3) is 0.478. The largest absolute Gasteiger partial charge is 0.416 e. The van der Waals surface area contributed by atoms with Crippen molar-refractivity contribution in [2.75, 3.05) is 30.3 Å². The summed E-state index contributed by atoms with van der Waals surface area (Å²) < 4.78 is 38.5. The molecule has 1 fully saturated rings. The summed E-state index contributed by atoms with van der Waals surface area (Å²) in [6.07, 6.45) is -3.10. The highest BCUT2D eigenvalue weighted by molar-refractivity contribution is 7.99. The van der Waals surface area contributed by atoms with Crippen molar-refractivity contribution in [2.24, 2.45) is 0 Å². The lowest BCUT2D eigenvalue weighted by Crippen LogP contribution is -2.54. The second kappa shape index (κ2) is 11.9. The van der Waals surface area contributed by atoms with Crippen molar-refractivity contribution in [3.05, 3.63) is 46.6 Å². The van der Waals surface area contributed by atoms with Crippen molar-refractivity contribution in [2.45, 2.75) is 50.6 Å². The number of piperazine rings is 1. The van der Waals surface area contributed by atoms with Gasteiger partial charge in [-0.1, -0.05) is 42.4 Å². The standard InChI is InChI=1S/C23H27ClF3N5O2S/c1-3-5-21(34)32-9-8-31(13-15(32)2)19-11-18(24)29-22(30-19)35-14-20(33)28-12-16-6-4-7-17(10-16)23(25,26)27/h4,6-7,10-11,15H,3,5,8-9,12-14H2,1-2H3,(H,28,33). The molecule has 1 atom stereocenters. The van der Waals surface area contributed by atoms with Gasteiger partial charge in [-0.2, -0.15) is 13.2 Å². The molecule has 2 aromatic rings. The molecule has 1 N–H and O–H groups in total. The van der Waals surface area contributed by atoms with Crippen LogP contribution in [0.25, 0.3) is 0 Å². The molecular formula is C23H27ClF3N5O2S. The van der Waals surface area contributed by atoms with E-state index in [1.807, 2.05) is 23.6 Å². The van der Waals surface area contributed by atoms with Crippen LogP contribution in [-0.4, -0.2) is 58.1 Å². The maximum Gasteiger partial charge on any atom is 0.416 e. The van der Waals surface area contributed by atoms with Gasteiger partial charge in [-0.3, -0.25) is 9.59 Å². The molecule has 1 aliphatic heterocycles. The van der Waals surface area contributed by atoms with Crippen molar-refractivity contribution < 1.29 is 22.8 Å². The molecule has 190 valence electrons. The molecule has 1 aromatic heterocycles. The molecular weight excluding hydrogens is 503 g/mol. The molecule has 0 saturated carbocycles. The summed E-state index contributed by atoms with van der Waals surface area (Å²) in [5, 5.41) is 3.16. The number of aromatic nitrogens is 2. The average molecular weight is 530 g/mol. The number of alkyl halides is 3. The molecule has 1 aliphatic rings. The van der Waals surface area contributed by atoms with Gasteiger partial charge in [0, 0.05) is 44.7 Å². The number of thioether (sulfide) groups is 1. The third-order valence-electron chi connectivity index (χ3n) is 5.47. The molecule has 2 amide bonds. The smallest absolute Gasteiger partial charge is 0.353 e. The highest BCUT2D eigenvalue weighted by Crippen LogP contribution is 2.29. The molecule has 7 nitrogen and oxygen atoms in total. The normalized spacial score (nSPS) is 16.3. The van der Waals surface area contributed by atoms with Gasteiger partial charge in [0.05, 0.1) is 11.3 Å². The van der Waals surface area contributed by atoms with E-state index in [2.05, 4.69) is 15.3 Å². The van der Waals surface area contributed by atoms with Crippen molar-refractivity contribution in [3.8, 4) is 0 Å². The Bertz CT molecular complexity index is 1060. The molecule has 1 unspecified atom stereocenters. The molecule has 0 spiro atoms. The first-order valence-electron chi connectivity index (χ1n) is 11.2. The number of hydrogen-bond acceptors (Lipinski definition) is 6. The van der Waals surface area contributed by atoms with Crippen LogP contribution in [0.3, 0.4) is 0 Å². The first kappa shape index (κ1) is 27.1. The summed E-state index contributed by atoms with van der Waals surface area (Å²) in [5.41, 5.74) is -0.409.